The van der Waals surface area contributed by atoms with Crippen molar-refractivity contribution < 1.29 is 27.4 Å². The molecule has 0 spiro atoms. The normalized spacial score (nSPS) is 22.4. The molecule has 6 heteroatoms. The summed E-state index contributed by atoms with van der Waals surface area (Å²) in [6, 6.07) is 5.86. The zero-order chi connectivity index (χ0) is 13.3. The van der Waals surface area contributed by atoms with E-state index in [0.29, 0.717) is 12.0 Å². The van der Waals surface area contributed by atoms with Crippen LogP contribution in [0.15, 0.2) is 24.3 Å². The molecule has 0 aromatic heterocycles. The van der Waals surface area contributed by atoms with Crippen LogP contribution in [0, 0.1) is 5.92 Å². The predicted octanol–water partition coefficient (Wildman–Crippen LogP) is 2.86. The van der Waals surface area contributed by atoms with Crippen LogP contribution < -0.4 is 4.74 Å². The number of hydrogen-bond donors (Lipinski definition) is 0. The molecule has 0 saturated heterocycles. The lowest BCUT2D eigenvalue weighted by atomic mass is 10.1. The molecule has 1 saturated carbocycles. The third-order valence-electron chi connectivity index (χ3n) is 2.84. The second kappa shape index (κ2) is 4.51. The number of hydrogen-bond acceptors (Lipinski definition) is 3. The second-order valence-corrected chi connectivity index (χ2v) is 4.06. The Kier molecular flexibility index (Phi) is 3.19. The number of esters is 1. The molecule has 1 aromatic carbocycles. The Morgan fingerprint density at radius 1 is 1.33 bits per heavy atom. The van der Waals surface area contributed by atoms with Crippen molar-refractivity contribution in [3.8, 4) is 5.75 Å². The van der Waals surface area contributed by atoms with Gasteiger partial charge in [0.05, 0.1) is 13.0 Å². The lowest BCUT2D eigenvalue weighted by Gasteiger charge is -2.12. The monoisotopic (exact) mass is 260 g/mol. The van der Waals surface area contributed by atoms with Crippen molar-refractivity contribution in [3.63, 3.8) is 0 Å². The van der Waals surface area contributed by atoms with Gasteiger partial charge in [-0.2, -0.15) is 0 Å². The number of benzene rings is 1. The van der Waals surface area contributed by atoms with E-state index in [4.69, 9.17) is 0 Å². The molecule has 18 heavy (non-hydrogen) atoms. The lowest BCUT2D eigenvalue weighted by Crippen LogP contribution is -2.18. The third-order valence-corrected chi connectivity index (χ3v) is 2.84. The highest BCUT2D eigenvalue weighted by atomic mass is 19.4. The van der Waals surface area contributed by atoms with Crippen molar-refractivity contribution in [2.45, 2.75) is 18.7 Å². The van der Waals surface area contributed by atoms with Crippen LogP contribution in [-0.4, -0.2) is 19.4 Å². The number of ether oxygens (including phenoxy) is 2. The summed E-state index contributed by atoms with van der Waals surface area (Å²) in [6.07, 6.45) is -4.24. The summed E-state index contributed by atoms with van der Waals surface area (Å²) in [5, 5.41) is 0. The van der Waals surface area contributed by atoms with Gasteiger partial charge in [0.15, 0.2) is 0 Å². The van der Waals surface area contributed by atoms with Gasteiger partial charge in [-0.25, -0.2) is 0 Å². The largest absolute Gasteiger partial charge is 0.573 e. The van der Waals surface area contributed by atoms with E-state index in [1.54, 1.807) is 6.07 Å². The second-order valence-electron chi connectivity index (χ2n) is 4.06. The van der Waals surface area contributed by atoms with E-state index in [-0.39, 0.29) is 17.6 Å². The van der Waals surface area contributed by atoms with Crippen molar-refractivity contribution in [1.82, 2.24) is 0 Å². The summed E-state index contributed by atoms with van der Waals surface area (Å²) in [4.78, 5) is 11.3. The van der Waals surface area contributed by atoms with E-state index < -0.39 is 12.3 Å². The fourth-order valence-corrected chi connectivity index (χ4v) is 1.96. The van der Waals surface area contributed by atoms with Crippen LogP contribution >= 0.6 is 0 Å². The van der Waals surface area contributed by atoms with Crippen LogP contribution in [0.3, 0.4) is 0 Å². The highest BCUT2D eigenvalue weighted by molar-refractivity contribution is 5.77. The van der Waals surface area contributed by atoms with Crippen molar-refractivity contribution in [1.29, 1.82) is 0 Å². The summed E-state index contributed by atoms with van der Waals surface area (Å²) in [6.45, 7) is 0. The number of para-hydroxylation sites is 1. The van der Waals surface area contributed by atoms with Crippen LogP contribution in [0.5, 0.6) is 5.75 Å². The molecule has 2 rings (SSSR count). The van der Waals surface area contributed by atoms with E-state index >= 15 is 0 Å². The van der Waals surface area contributed by atoms with Crippen molar-refractivity contribution in [2.75, 3.05) is 7.11 Å². The van der Waals surface area contributed by atoms with Crippen molar-refractivity contribution >= 4 is 5.97 Å². The van der Waals surface area contributed by atoms with Gasteiger partial charge in [0.2, 0.25) is 0 Å². The van der Waals surface area contributed by atoms with Crippen molar-refractivity contribution in [3.05, 3.63) is 29.8 Å². The molecular weight excluding hydrogens is 249 g/mol. The average molecular weight is 260 g/mol. The summed E-state index contributed by atoms with van der Waals surface area (Å²) in [5.41, 5.74) is 0.394. The van der Waals surface area contributed by atoms with Crippen molar-refractivity contribution in [2.24, 2.45) is 5.92 Å². The molecule has 0 bridgehead atoms. The molecule has 0 aliphatic heterocycles. The number of methoxy groups -OCH3 is 1. The van der Waals surface area contributed by atoms with Crippen LogP contribution in [-0.2, 0) is 9.53 Å². The number of rotatable bonds is 3. The molecular formula is C12H11F3O3. The number of halogens is 3. The highest BCUT2D eigenvalue weighted by Gasteiger charge is 2.47. The fourth-order valence-electron chi connectivity index (χ4n) is 1.96. The van der Waals surface area contributed by atoms with Gasteiger partial charge >= 0.3 is 12.3 Å². The first-order valence-electron chi connectivity index (χ1n) is 5.35. The first kappa shape index (κ1) is 12.7. The lowest BCUT2D eigenvalue weighted by molar-refractivity contribution is -0.274. The number of carbonyl (C=O) groups is 1. The maximum absolute atomic E-state index is 12.2. The van der Waals surface area contributed by atoms with E-state index in [0.717, 1.165) is 0 Å². The number of carbonyl (C=O) groups excluding carboxylic acids is 1. The van der Waals surface area contributed by atoms with Gasteiger partial charge in [0, 0.05) is 5.92 Å². The molecule has 0 unspecified atom stereocenters. The minimum atomic E-state index is -4.73. The molecule has 1 aliphatic rings. The SMILES string of the molecule is COC(=O)[C@@H]1C[C@H]1c1ccccc1OC(F)(F)F. The zero-order valence-electron chi connectivity index (χ0n) is 9.53. The molecule has 1 aromatic rings. The van der Waals surface area contributed by atoms with E-state index in [1.165, 1.54) is 25.3 Å². The molecule has 1 aliphatic carbocycles. The smallest absolute Gasteiger partial charge is 0.469 e. The Bertz CT molecular complexity index is 456. The quantitative estimate of drug-likeness (QED) is 0.784. The van der Waals surface area contributed by atoms with Gasteiger partial charge in [0.25, 0.3) is 0 Å². The Labute approximate surface area is 102 Å². The van der Waals surface area contributed by atoms with E-state index in [9.17, 15) is 18.0 Å². The first-order chi connectivity index (χ1) is 8.42. The summed E-state index contributed by atoms with van der Waals surface area (Å²) < 4.78 is 45.1. The average Bonchev–Trinajstić information content (AvgIpc) is 3.06. The summed E-state index contributed by atoms with van der Waals surface area (Å²) in [5.74, 6) is -1.27. The van der Waals surface area contributed by atoms with Gasteiger partial charge in [-0.3, -0.25) is 4.79 Å². The Morgan fingerprint density at radius 3 is 2.61 bits per heavy atom. The number of alkyl halides is 3. The maximum Gasteiger partial charge on any atom is 0.573 e. The summed E-state index contributed by atoms with van der Waals surface area (Å²) >= 11 is 0. The first-order valence-corrected chi connectivity index (χ1v) is 5.35. The van der Waals surface area contributed by atoms with Gasteiger partial charge in [-0.05, 0) is 18.1 Å². The van der Waals surface area contributed by atoms with Gasteiger partial charge in [0.1, 0.15) is 5.75 Å². The predicted molar refractivity (Wildman–Crippen MR) is 56.0 cm³/mol. The van der Waals surface area contributed by atoms with Crippen LogP contribution in [0.25, 0.3) is 0 Å². The van der Waals surface area contributed by atoms with E-state index in [1.807, 2.05) is 0 Å². The molecule has 0 amide bonds. The minimum absolute atomic E-state index is 0.249. The minimum Gasteiger partial charge on any atom is -0.469 e. The summed E-state index contributed by atoms with van der Waals surface area (Å²) in [7, 11) is 1.26. The van der Waals surface area contributed by atoms with Crippen LogP contribution in [0.4, 0.5) is 13.2 Å². The van der Waals surface area contributed by atoms with Crippen LogP contribution in [0.2, 0.25) is 0 Å². The topological polar surface area (TPSA) is 35.5 Å². The molecule has 0 radical (unpaired) electrons. The molecule has 2 atom stereocenters. The highest BCUT2D eigenvalue weighted by Crippen LogP contribution is 2.51. The van der Waals surface area contributed by atoms with Gasteiger partial charge in [-0.15, -0.1) is 13.2 Å². The van der Waals surface area contributed by atoms with Gasteiger partial charge < -0.3 is 9.47 Å². The Morgan fingerprint density at radius 2 is 2.00 bits per heavy atom. The molecule has 0 heterocycles. The fraction of sp³-hybridized carbons (Fsp3) is 0.417. The van der Waals surface area contributed by atoms with Crippen LogP contribution in [0.1, 0.15) is 17.9 Å². The maximum atomic E-state index is 12.2. The van der Waals surface area contributed by atoms with E-state index in [2.05, 4.69) is 9.47 Å². The molecule has 1 fully saturated rings. The molecule has 0 N–H and O–H groups in total. The third kappa shape index (κ3) is 2.75. The molecule has 98 valence electrons. The Hall–Kier alpha value is -1.72. The standard InChI is InChI=1S/C12H11F3O3/c1-17-11(16)9-6-8(9)7-4-2-3-5-10(7)18-12(13,14)15/h2-5,8-9H,6H2,1H3/t8-,9+/m0/s1. The van der Waals surface area contributed by atoms with Gasteiger partial charge in [-0.1, -0.05) is 18.2 Å². The molecule has 3 nitrogen and oxygen atoms in total. The zero-order valence-corrected chi connectivity index (χ0v) is 9.53. The Balaban J connectivity index is 2.17.